The second kappa shape index (κ2) is 5.85. The van der Waals surface area contributed by atoms with Gasteiger partial charge >= 0.3 is 0 Å². The lowest BCUT2D eigenvalue weighted by molar-refractivity contribution is 0.145. The minimum atomic E-state index is -3.51. The lowest BCUT2D eigenvalue weighted by Gasteiger charge is -2.41. The fourth-order valence-electron chi connectivity index (χ4n) is 2.73. The van der Waals surface area contributed by atoms with Gasteiger partial charge in [-0.05, 0) is 36.8 Å². The zero-order valence-corrected chi connectivity index (χ0v) is 13.8. The minimum absolute atomic E-state index is 0.164. The predicted octanol–water partition coefficient (Wildman–Crippen LogP) is 2.51. The second-order valence-corrected chi connectivity index (χ2v) is 8.19. The first-order chi connectivity index (χ1) is 9.82. The van der Waals surface area contributed by atoms with Gasteiger partial charge in [0.05, 0.1) is 11.4 Å². The van der Waals surface area contributed by atoms with Crippen molar-refractivity contribution in [1.29, 1.82) is 0 Å². The molecule has 1 aliphatic rings. The van der Waals surface area contributed by atoms with Crippen LogP contribution < -0.4 is 11.1 Å². The smallest absolute Gasteiger partial charge is 0.244 e. The van der Waals surface area contributed by atoms with Gasteiger partial charge in [-0.15, -0.1) is 0 Å². The fourth-order valence-corrected chi connectivity index (χ4v) is 3.77. The summed E-state index contributed by atoms with van der Waals surface area (Å²) in [5.41, 5.74) is 7.43. The van der Waals surface area contributed by atoms with Gasteiger partial charge in [0.1, 0.15) is 4.90 Å². The molecule has 1 aromatic rings. The van der Waals surface area contributed by atoms with E-state index in [1.807, 2.05) is 6.07 Å². The molecule has 21 heavy (non-hydrogen) atoms. The number of hydrogen-bond donors (Lipinski definition) is 2. The van der Waals surface area contributed by atoms with Gasteiger partial charge in [-0.25, -0.2) is 12.7 Å². The van der Waals surface area contributed by atoms with E-state index in [9.17, 15) is 8.42 Å². The Morgan fingerprint density at radius 1 is 1.33 bits per heavy atom. The summed E-state index contributed by atoms with van der Waals surface area (Å²) in [5, 5.41) is 3.35. The van der Waals surface area contributed by atoms with Crippen LogP contribution in [0, 0.1) is 5.41 Å². The number of anilines is 2. The van der Waals surface area contributed by atoms with Crippen LogP contribution in [0.5, 0.6) is 0 Å². The van der Waals surface area contributed by atoms with Crippen LogP contribution in [0.25, 0.3) is 0 Å². The highest BCUT2D eigenvalue weighted by Crippen LogP contribution is 2.44. The molecule has 0 aromatic heterocycles. The van der Waals surface area contributed by atoms with Crippen LogP contribution in [0.1, 0.15) is 32.6 Å². The molecule has 0 heterocycles. The van der Waals surface area contributed by atoms with Crippen molar-refractivity contribution < 1.29 is 8.42 Å². The summed E-state index contributed by atoms with van der Waals surface area (Å²) >= 11 is 0. The summed E-state index contributed by atoms with van der Waals surface area (Å²) in [6, 6.07) is 5.12. The van der Waals surface area contributed by atoms with E-state index in [1.165, 1.54) is 37.7 Å². The molecule has 0 saturated heterocycles. The number of nitrogen functional groups attached to an aromatic ring is 1. The average Bonchev–Trinajstić information content (AvgIpc) is 2.39. The van der Waals surface area contributed by atoms with Gasteiger partial charge in [0, 0.05) is 20.6 Å². The van der Waals surface area contributed by atoms with Crippen LogP contribution in [0.2, 0.25) is 0 Å². The minimum Gasteiger partial charge on any atom is -0.396 e. The summed E-state index contributed by atoms with van der Waals surface area (Å²) in [5.74, 6) is 0. The van der Waals surface area contributed by atoms with Gasteiger partial charge < -0.3 is 11.1 Å². The third kappa shape index (κ3) is 3.01. The van der Waals surface area contributed by atoms with Crippen LogP contribution in [0.3, 0.4) is 0 Å². The molecule has 118 valence electrons. The number of nitrogens with one attached hydrogen (secondary N) is 1. The number of sulfonamides is 1. The van der Waals surface area contributed by atoms with Gasteiger partial charge in [0.2, 0.25) is 10.0 Å². The van der Waals surface area contributed by atoms with Crippen molar-refractivity contribution in [2.24, 2.45) is 5.41 Å². The normalized spacial score (nSPS) is 17.5. The maximum absolute atomic E-state index is 12.2. The summed E-state index contributed by atoms with van der Waals surface area (Å²) in [6.07, 6.45) is 4.87. The molecule has 1 saturated carbocycles. The van der Waals surface area contributed by atoms with E-state index in [0.717, 1.165) is 13.0 Å². The number of benzene rings is 1. The molecular formula is C15H25N3O2S. The fraction of sp³-hybridized carbons (Fsp3) is 0.600. The van der Waals surface area contributed by atoms with E-state index in [1.54, 1.807) is 12.1 Å². The Labute approximate surface area is 127 Å². The summed E-state index contributed by atoms with van der Waals surface area (Å²) in [6.45, 7) is 3.05. The number of nitrogens with two attached hydrogens (primary N) is 1. The molecular weight excluding hydrogens is 286 g/mol. The quantitative estimate of drug-likeness (QED) is 0.792. The van der Waals surface area contributed by atoms with Crippen LogP contribution in [-0.4, -0.2) is 33.4 Å². The molecule has 0 radical (unpaired) electrons. The maximum atomic E-state index is 12.2. The SMILES string of the molecule is CCC1(CNc2cccc(S(=O)(=O)N(C)C)c2N)CCC1. The predicted molar refractivity (Wildman–Crippen MR) is 86.8 cm³/mol. The van der Waals surface area contributed by atoms with E-state index in [0.29, 0.717) is 16.8 Å². The number of rotatable bonds is 6. The molecule has 1 aliphatic carbocycles. The van der Waals surface area contributed by atoms with Crippen molar-refractivity contribution in [1.82, 2.24) is 4.31 Å². The Balaban J connectivity index is 2.22. The molecule has 5 nitrogen and oxygen atoms in total. The zero-order chi connectivity index (χ0) is 15.7. The largest absolute Gasteiger partial charge is 0.396 e. The van der Waals surface area contributed by atoms with Crippen LogP contribution in [0.4, 0.5) is 11.4 Å². The highest BCUT2D eigenvalue weighted by atomic mass is 32.2. The molecule has 0 bridgehead atoms. The third-order valence-corrected chi connectivity index (χ3v) is 6.52. The lowest BCUT2D eigenvalue weighted by Crippen LogP contribution is -2.36. The average molecular weight is 311 g/mol. The molecule has 0 aliphatic heterocycles. The van der Waals surface area contributed by atoms with Gasteiger partial charge in [0.25, 0.3) is 0 Å². The number of para-hydroxylation sites is 1. The van der Waals surface area contributed by atoms with E-state index in [2.05, 4.69) is 12.2 Å². The molecule has 3 N–H and O–H groups in total. The van der Waals surface area contributed by atoms with E-state index >= 15 is 0 Å². The molecule has 0 unspecified atom stereocenters. The second-order valence-electron chi connectivity index (χ2n) is 6.07. The standard InChI is InChI=1S/C15H25N3O2S/c1-4-15(9-6-10-15)11-17-12-7-5-8-13(14(12)16)21(19,20)18(2)3/h5,7-8,17H,4,6,9-11,16H2,1-3H3. The van der Waals surface area contributed by atoms with Crippen LogP contribution in [0.15, 0.2) is 23.1 Å². The summed E-state index contributed by atoms with van der Waals surface area (Å²) in [7, 11) is -0.494. The Kier molecular flexibility index (Phi) is 4.49. The molecule has 1 fully saturated rings. The van der Waals surface area contributed by atoms with Crippen LogP contribution >= 0.6 is 0 Å². The molecule has 0 spiro atoms. The molecule has 2 rings (SSSR count). The van der Waals surface area contributed by atoms with Gasteiger partial charge in [-0.1, -0.05) is 19.4 Å². The Bertz CT molecular complexity index is 602. The van der Waals surface area contributed by atoms with Crippen molar-refractivity contribution in [3.05, 3.63) is 18.2 Å². The number of hydrogen-bond acceptors (Lipinski definition) is 4. The topological polar surface area (TPSA) is 75.4 Å². The summed E-state index contributed by atoms with van der Waals surface area (Å²) < 4.78 is 25.7. The van der Waals surface area contributed by atoms with Crippen molar-refractivity contribution in [2.75, 3.05) is 31.7 Å². The maximum Gasteiger partial charge on any atom is 0.244 e. The molecule has 6 heteroatoms. The van der Waals surface area contributed by atoms with Gasteiger partial charge in [0.15, 0.2) is 0 Å². The Morgan fingerprint density at radius 3 is 2.48 bits per heavy atom. The Morgan fingerprint density at radius 2 is 2.00 bits per heavy atom. The van der Waals surface area contributed by atoms with E-state index in [-0.39, 0.29) is 4.90 Å². The van der Waals surface area contributed by atoms with Crippen molar-refractivity contribution >= 4 is 21.4 Å². The van der Waals surface area contributed by atoms with Gasteiger partial charge in [-0.2, -0.15) is 0 Å². The van der Waals surface area contributed by atoms with Gasteiger partial charge in [-0.3, -0.25) is 0 Å². The zero-order valence-electron chi connectivity index (χ0n) is 13.0. The molecule has 0 amide bonds. The summed E-state index contributed by atoms with van der Waals surface area (Å²) in [4.78, 5) is 0.164. The lowest BCUT2D eigenvalue weighted by atomic mass is 9.67. The van der Waals surface area contributed by atoms with Crippen molar-refractivity contribution in [3.63, 3.8) is 0 Å². The Hall–Kier alpha value is -1.27. The molecule has 0 atom stereocenters. The first-order valence-electron chi connectivity index (χ1n) is 7.37. The first-order valence-corrected chi connectivity index (χ1v) is 8.81. The monoisotopic (exact) mass is 311 g/mol. The highest BCUT2D eigenvalue weighted by Gasteiger charge is 2.35. The van der Waals surface area contributed by atoms with E-state index < -0.39 is 10.0 Å². The van der Waals surface area contributed by atoms with Crippen molar-refractivity contribution in [3.8, 4) is 0 Å². The van der Waals surface area contributed by atoms with Crippen molar-refractivity contribution in [2.45, 2.75) is 37.5 Å². The van der Waals surface area contributed by atoms with E-state index in [4.69, 9.17) is 5.73 Å². The third-order valence-electron chi connectivity index (χ3n) is 4.64. The highest BCUT2D eigenvalue weighted by molar-refractivity contribution is 7.89. The number of nitrogens with zero attached hydrogens (tertiary/aromatic N) is 1. The van der Waals surface area contributed by atoms with Crippen LogP contribution in [-0.2, 0) is 10.0 Å². The molecule has 1 aromatic carbocycles. The first kappa shape index (κ1) is 16.1.